The Morgan fingerprint density at radius 2 is 1.71 bits per heavy atom. The fraction of sp³-hybridized carbons (Fsp3) is 0.0400. The van der Waals surface area contributed by atoms with Crippen molar-refractivity contribution in [3.63, 3.8) is 0 Å². The molecule has 0 atom stereocenters. The highest BCUT2D eigenvalue weighted by molar-refractivity contribution is 7.99. The van der Waals surface area contributed by atoms with Gasteiger partial charge in [0.1, 0.15) is 0 Å². The van der Waals surface area contributed by atoms with Gasteiger partial charge in [-0.05, 0) is 54.6 Å². The number of aromatic nitrogens is 4. The number of hydrogen-bond donors (Lipinski definition) is 2. The summed E-state index contributed by atoms with van der Waals surface area (Å²) in [6.45, 7) is 0. The summed E-state index contributed by atoms with van der Waals surface area (Å²) in [6.07, 6.45) is 3.47. The maximum absolute atomic E-state index is 12.5. The van der Waals surface area contributed by atoms with Crippen LogP contribution in [-0.4, -0.2) is 37.6 Å². The van der Waals surface area contributed by atoms with E-state index in [1.54, 1.807) is 30.5 Å². The summed E-state index contributed by atoms with van der Waals surface area (Å²) < 4.78 is 1.88. The zero-order valence-electron chi connectivity index (χ0n) is 18.2. The van der Waals surface area contributed by atoms with E-state index in [-0.39, 0.29) is 11.7 Å². The quantitative estimate of drug-likeness (QED) is 0.157. The normalized spacial score (nSPS) is 11.4. The van der Waals surface area contributed by atoms with Crippen LogP contribution in [0.5, 0.6) is 0 Å². The number of amides is 1. The van der Waals surface area contributed by atoms with Crippen molar-refractivity contribution >= 4 is 58.0 Å². The summed E-state index contributed by atoms with van der Waals surface area (Å²) in [7, 11) is 0. The van der Waals surface area contributed by atoms with Crippen molar-refractivity contribution in [3.8, 4) is 17.1 Å². The van der Waals surface area contributed by atoms with Crippen LogP contribution in [0.3, 0.4) is 0 Å². The largest absolute Gasteiger partial charge is 0.361 e. The molecule has 0 aliphatic rings. The molecule has 10 heteroatoms. The second-order valence-electron chi connectivity index (χ2n) is 7.50. The smallest absolute Gasteiger partial charge is 0.250 e. The molecule has 0 aliphatic carbocycles. The monoisotopic (exact) mass is 520 g/mol. The van der Waals surface area contributed by atoms with Gasteiger partial charge in [-0.1, -0.05) is 53.2 Å². The van der Waals surface area contributed by atoms with Crippen LogP contribution < -0.4 is 5.43 Å². The highest BCUT2D eigenvalue weighted by Gasteiger charge is 2.17. The first-order valence-electron chi connectivity index (χ1n) is 10.6. The van der Waals surface area contributed by atoms with Crippen molar-refractivity contribution in [2.75, 3.05) is 5.75 Å². The molecule has 1 amide bonds. The molecule has 2 aromatic heterocycles. The van der Waals surface area contributed by atoms with Gasteiger partial charge in [-0.25, -0.2) is 5.43 Å². The number of benzene rings is 3. The number of hydrogen-bond acceptors (Lipinski definition) is 5. The Morgan fingerprint density at radius 1 is 1.00 bits per heavy atom. The highest BCUT2D eigenvalue weighted by Crippen LogP contribution is 2.29. The van der Waals surface area contributed by atoms with Gasteiger partial charge in [-0.15, -0.1) is 10.2 Å². The molecule has 0 saturated heterocycles. The van der Waals surface area contributed by atoms with E-state index in [1.165, 1.54) is 11.8 Å². The van der Waals surface area contributed by atoms with Crippen LogP contribution in [0, 0.1) is 0 Å². The number of para-hydroxylation sites is 1. The van der Waals surface area contributed by atoms with E-state index in [1.807, 2.05) is 59.3 Å². The van der Waals surface area contributed by atoms with E-state index >= 15 is 0 Å². The molecule has 5 rings (SSSR count). The Balaban J connectivity index is 1.32. The zero-order valence-corrected chi connectivity index (χ0v) is 20.5. The Kier molecular flexibility index (Phi) is 6.85. The first-order chi connectivity index (χ1) is 17.1. The number of H-pyrrole nitrogens is 1. The van der Waals surface area contributed by atoms with E-state index in [4.69, 9.17) is 23.2 Å². The van der Waals surface area contributed by atoms with Crippen molar-refractivity contribution in [2.45, 2.75) is 5.16 Å². The first-order valence-corrected chi connectivity index (χ1v) is 12.3. The number of nitrogens with one attached hydrogen (secondary N) is 2. The molecule has 0 aliphatic heterocycles. The number of hydrazone groups is 1. The molecule has 174 valence electrons. The predicted octanol–water partition coefficient (Wildman–Crippen LogP) is 5.96. The number of thioether (sulfide) groups is 1. The van der Waals surface area contributed by atoms with Gasteiger partial charge in [0.15, 0.2) is 11.0 Å². The minimum Gasteiger partial charge on any atom is -0.361 e. The molecule has 0 saturated carbocycles. The molecule has 2 N–H and O–H groups in total. The van der Waals surface area contributed by atoms with Crippen LogP contribution in [0.25, 0.3) is 28.0 Å². The average Bonchev–Trinajstić information content (AvgIpc) is 3.48. The lowest BCUT2D eigenvalue weighted by Gasteiger charge is -2.10. The molecule has 0 spiro atoms. The number of aromatic amines is 1. The number of carbonyl (C=O) groups excluding carboxylic acids is 1. The van der Waals surface area contributed by atoms with Gasteiger partial charge in [0, 0.05) is 44.0 Å². The molecule has 35 heavy (non-hydrogen) atoms. The summed E-state index contributed by atoms with van der Waals surface area (Å²) >= 11 is 13.4. The SMILES string of the molecule is O=C(CSc1nnc(-c2ccc(Cl)cc2)n1-c1ccc(Cl)cc1)N/N=C\c1c[nH]c2ccccc12. The van der Waals surface area contributed by atoms with E-state index < -0.39 is 0 Å². The van der Waals surface area contributed by atoms with Crippen molar-refractivity contribution < 1.29 is 4.79 Å². The second kappa shape index (κ2) is 10.4. The fourth-order valence-corrected chi connectivity index (χ4v) is 4.51. The van der Waals surface area contributed by atoms with Crippen LogP contribution >= 0.6 is 35.0 Å². The average molecular weight is 521 g/mol. The highest BCUT2D eigenvalue weighted by atomic mass is 35.5. The molecule has 0 fully saturated rings. The lowest BCUT2D eigenvalue weighted by molar-refractivity contribution is -0.118. The number of halogens is 2. The lowest BCUT2D eigenvalue weighted by atomic mass is 10.2. The third kappa shape index (κ3) is 5.24. The lowest BCUT2D eigenvalue weighted by Crippen LogP contribution is -2.20. The Labute approximate surface area is 215 Å². The van der Waals surface area contributed by atoms with Gasteiger partial charge in [0.25, 0.3) is 5.91 Å². The van der Waals surface area contributed by atoms with Crippen molar-refractivity contribution in [1.29, 1.82) is 0 Å². The van der Waals surface area contributed by atoms with Gasteiger partial charge in [-0.3, -0.25) is 9.36 Å². The standard InChI is InChI=1S/C25H18Cl2N6OS/c26-18-7-5-16(6-8-18)24-31-32-25(33(24)20-11-9-19(27)10-12-20)35-15-23(34)30-29-14-17-13-28-22-4-2-1-3-21(17)22/h1-14,28H,15H2,(H,30,34)/b29-14-. The Morgan fingerprint density at radius 3 is 2.49 bits per heavy atom. The number of carbonyl (C=O) groups is 1. The summed E-state index contributed by atoms with van der Waals surface area (Å²) in [5, 5.41) is 15.6. The maximum atomic E-state index is 12.5. The third-order valence-electron chi connectivity index (χ3n) is 5.17. The fourth-order valence-electron chi connectivity index (χ4n) is 3.51. The van der Waals surface area contributed by atoms with Crippen LogP contribution in [0.2, 0.25) is 10.0 Å². The molecule has 3 aromatic carbocycles. The maximum Gasteiger partial charge on any atom is 0.250 e. The van der Waals surface area contributed by atoms with Crippen LogP contribution in [0.15, 0.2) is 89.3 Å². The molecule has 7 nitrogen and oxygen atoms in total. The van der Waals surface area contributed by atoms with Crippen molar-refractivity contribution in [1.82, 2.24) is 25.2 Å². The zero-order chi connectivity index (χ0) is 24.2. The Bertz CT molecular complexity index is 1510. The molecule has 2 heterocycles. The van der Waals surface area contributed by atoms with Crippen LogP contribution in [0.1, 0.15) is 5.56 Å². The van der Waals surface area contributed by atoms with Crippen molar-refractivity contribution in [3.05, 3.63) is 94.6 Å². The topological polar surface area (TPSA) is 88.0 Å². The molecule has 5 aromatic rings. The molecular weight excluding hydrogens is 503 g/mol. The van der Waals surface area contributed by atoms with Gasteiger partial charge < -0.3 is 4.98 Å². The van der Waals surface area contributed by atoms with Crippen molar-refractivity contribution in [2.24, 2.45) is 5.10 Å². The van der Waals surface area contributed by atoms with Gasteiger partial charge >= 0.3 is 0 Å². The minimum atomic E-state index is -0.259. The summed E-state index contributed by atoms with van der Waals surface area (Å²) in [6, 6.07) is 22.6. The van der Waals surface area contributed by atoms with E-state index in [0.717, 1.165) is 27.7 Å². The number of rotatable bonds is 7. The van der Waals surface area contributed by atoms with Crippen LogP contribution in [0.4, 0.5) is 0 Å². The number of nitrogens with zero attached hydrogens (tertiary/aromatic N) is 4. The van der Waals surface area contributed by atoms with E-state index in [2.05, 4.69) is 25.7 Å². The van der Waals surface area contributed by atoms with Gasteiger partial charge in [0.05, 0.1) is 12.0 Å². The number of fused-ring (bicyclic) bond motifs is 1. The molecule has 0 radical (unpaired) electrons. The summed E-state index contributed by atoms with van der Waals surface area (Å²) in [5.74, 6) is 0.478. The van der Waals surface area contributed by atoms with Gasteiger partial charge in [0.2, 0.25) is 0 Å². The molecule has 0 unspecified atom stereocenters. The molecular formula is C25H18Cl2N6OS. The van der Waals surface area contributed by atoms with E-state index in [0.29, 0.717) is 21.0 Å². The second-order valence-corrected chi connectivity index (χ2v) is 9.31. The summed E-state index contributed by atoms with van der Waals surface area (Å²) in [4.78, 5) is 15.6. The predicted molar refractivity (Wildman–Crippen MR) is 142 cm³/mol. The summed E-state index contributed by atoms with van der Waals surface area (Å²) in [5.41, 5.74) is 6.14. The Hall–Kier alpha value is -3.59. The minimum absolute atomic E-state index is 0.109. The van der Waals surface area contributed by atoms with Gasteiger partial charge in [-0.2, -0.15) is 5.10 Å². The van der Waals surface area contributed by atoms with Crippen LogP contribution in [-0.2, 0) is 4.79 Å². The third-order valence-corrected chi connectivity index (χ3v) is 6.60. The first kappa shape index (κ1) is 23.2. The molecule has 0 bridgehead atoms. The van der Waals surface area contributed by atoms with E-state index in [9.17, 15) is 4.79 Å².